The molecule has 2 aromatic rings. The normalized spacial score (nSPS) is 11.0. The van der Waals surface area contributed by atoms with E-state index in [9.17, 15) is 4.79 Å². The summed E-state index contributed by atoms with van der Waals surface area (Å²) in [6.45, 7) is 7.99. The van der Waals surface area contributed by atoms with Crippen molar-refractivity contribution in [1.82, 2.24) is 30.0 Å². The number of hydrogen-bond acceptors (Lipinski definition) is 5. The summed E-state index contributed by atoms with van der Waals surface area (Å²) in [5.74, 6) is 0.529. The molecule has 0 fully saturated rings. The van der Waals surface area contributed by atoms with Crippen molar-refractivity contribution in [2.45, 2.75) is 20.3 Å². The summed E-state index contributed by atoms with van der Waals surface area (Å²) < 4.78 is 2.39. The zero-order valence-electron chi connectivity index (χ0n) is 13.4. The highest BCUT2D eigenvalue weighted by Crippen LogP contribution is 2.19. The average molecular weight is 381 g/mol. The van der Waals surface area contributed by atoms with Gasteiger partial charge in [0, 0.05) is 12.7 Å². The van der Waals surface area contributed by atoms with E-state index in [2.05, 4.69) is 55.2 Å². The standard InChI is InChI=1S/C15H21BrN6O/c1-3-21(4-2)7-5-6-17-15(23)12-8-13(16)14(18-9-12)22-10-19-20-11-22/h8-11H,3-7H2,1-2H3,(H,17,23). The number of pyridine rings is 1. The van der Waals surface area contributed by atoms with Crippen LogP contribution >= 0.6 is 15.9 Å². The fraction of sp³-hybridized carbons (Fsp3) is 0.467. The van der Waals surface area contributed by atoms with E-state index < -0.39 is 0 Å². The van der Waals surface area contributed by atoms with E-state index >= 15 is 0 Å². The van der Waals surface area contributed by atoms with Crippen molar-refractivity contribution < 1.29 is 4.79 Å². The van der Waals surface area contributed by atoms with Gasteiger partial charge in [0.15, 0.2) is 5.82 Å². The zero-order chi connectivity index (χ0) is 16.7. The maximum Gasteiger partial charge on any atom is 0.252 e. The minimum absolute atomic E-state index is 0.118. The summed E-state index contributed by atoms with van der Waals surface area (Å²) in [4.78, 5) is 18.8. The lowest BCUT2D eigenvalue weighted by Crippen LogP contribution is -2.30. The molecule has 0 bridgehead atoms. The molecule has 2 heterocycles. The summed E-state index contributed by atoms with van der Waals surface area (Å²) in [5, 5.41) is 10.4. The maximum atomic E-state index is 12.2. The molecule has 8 heteroatoms. The average Bonchev–Trinajstić information content (AvgIpc) is 3.09. The Labute approximate surface area is 144 Å². The Balaban J connectivity index is 1.89. The number of nitrogens with one attached hydrogen (secondary N) is 1. The molecule has 0 aromatic carbocycles. The van der Waals surface area contributed by atoms with Crippen LogP contribution in [0.4, 0.5) is 0 Å². The van der Waals surface area contributed by atoms with E-state index in [1.807, 2.05) is 0 Å². The van der Waals surface area contributed by atoms with Gasteiger partial charge in [-0.05, 0) is 48.1 Å². The van der Waals surface area contributed by atoms with Gasteiger partial charge in [-0.3, -0.25) is 9.36 Å². The molecule has 2 rings (SSSR count). The quantitative estimate of drug-likeness (QED) is 0.707. The molecule has 23 heavy (non-hydrogen) atoms. The van der Waals surface area contributed by atoms with Crippen LogP contribution in [0.5, 0.6) is 0 Å². The van der Waals surface area contributed by atoms with Gasteiger partial charge in [-0.1, -0.05) is 13.8 Å². The number of nitrogens with zero attached hydrogens (tertiary/aromatic N) is 5. The van der Waals surface area contributed by atoms with Gasteiger partial charge in [-0.2, -0.15) is 0 Å². The molecule has 0 aliphatic carbocycles. The Kier molecular flexibility index (Phi) is 6.66. The second-order valence-electron chi connectivity index (χ2n) is 5.03. The molecule has 1 N–H and O–H groups in total. The van der Waals surface area contributed by atoms with E-state index in [-0.39, 0.29) is 5.91 Å². The Bertz CT molecular complexity index is 627. The van der Waals surface area contributed by atoms with Crippen LogP contribution in [0.15, 0.2) is 29.4 Å². The van der Waals surface area contributed by atoms with Crippen molar-refractivity contribution in [2.75, 3.05) is 26.2 Å². The predicted octanol–water partition coefficient (Wildman–Crippen LogP) is 1.89. The third-order valence-corrected chi connectivity index (χ3v) is 4.16. The Hall–Kier alpha value is -1.80. The second-order valence-corrected chi connectivity index (χ2v) is 5.89. The summed E-state index contributed by atoms with van der Waals surface area (Å²) in [6, 6.07) is 1.75. The van der Waals surface area contributed by atoms with Crippen molar-refractivity contribution >= 4 is 21.8 Å². The van der Waals surface area contributed by atoms with Crippen molar-refractivity contribution in [1.29, 1.82) is 0 Å². The molecule has 0 aliphatic heterocycles. The van der Waals surface area contributed by atoms with Gasteiger partial charge < -0.3 is 10.2 Å². The van der Waals surface area contributed by atoms with E-state index in [1.54, 1.807) is 29.5 Å². The molecule has 0 saturated carbocycles. The van der Waals surface area contributed by atoms with Crippen LogP contribution in [0, 0.1) is 0 Å². The Morgan fingerprint density at radius 3 is 2.61 bits per heavy atom. The largest absolute Gasteiger partial charge is 0.352 e. The lowest BCUT2D eigenvalue weighted by atomic mass is 10.2. The van der Waals surface area contributed by atoms with Crippen molar-refractivity contribution in [3.05, 3.63) is 35.0 Å². The molecule has 0 aliphatic rings. The molecular formula is C15H21BrN6O. The number of rotatable bonds is 8. The maximum absolute atomic E-state index is 12.2. The molecule has 0 spiro atoms. The molecule has 0 atom stereocenters. The zero-order valence-corrected chi connectivity index (χ0v) is 15.0. The highest BCUT2D eigenvalue weighted by atomic mass is 79.9. The fourth-order valence-corrected chi connectivity index (χ4v) is 2.76. The van der Waals surface area contributed by atoms with Gasteiger partial charge >= 0.3 is 0 Å². The van der Waals surface area contributed by atoms with Crippen LogP contribution in [0.1, 0.15) is 30.6 Å². The number of halogens is 1. The van der Waals surface area contributed by atoms with E-state index in [0.717, 1.165) is 26.1 Å². The van der Waals surface area contributed by atoms with Crippen molar-refractivity contribution in [3.8, 4) is 5.82 Å². The number of carbonyl (C=O) groups is 1. The van der Waals surface area contributed by atoms with Crippen LogP contribution in [0.25, 0.3) is 5.82 Å². The summed E-state index contributed by atoms with van der Waals surface area (Å²) in [5.41, 5.74) is 0.525. The van der Waals surface area contributed by atoms with Crippen molar-refractivity contribution in [3.63, 3.8) is 0 Å². The van der Waals surface area contributed by atoms with E-state index in [1.165, 1.54) is 0 Å². The fourth-order valence-electron chi connectivity index (χ4n) is 2.20. The minimum Gasteiger partial charge on any atom is -0.352 e. The summed E-state index contributed by atoms with van der Waals surface area (Å²) >= 11 is 3.43. The van der Waals surface area contributed by atoms with Crippen LogP contribution in [0.2, 0.25) is 0 Å². The lowest BCUT2D eigenvalue weighted by molar-refractivity contribution is 0.0951. The minimum atomic E-state index is -0.118. The topological polar surface area (TPSA) is 75.9 Å². The third kappa shape index (κ3) is 4.84. The van der Waals surface area contributed by atoms with E-state index in [0.29, 0.717) is 22.4 Å². The van der Waals surface area contributed by atoms with Crippen LogP contribution in [-0.2, 0) is 0 Å². The van der Waals surface area contributed by atoms with Crippen LogP contribution in [0.3, 0.4) is 0 Å². The SMILES string of the molecule is CCN(CC)CCCNC(=O)c1cnc(-n2cnnc2)c(Br)c1. The molecule has 0 radical (unpaired) electrons. The lowest BCUT2D eigenvalue weighted by Gasteiger charge is -2.17. The first kappa shape index (κ1) is 17.6. The molecule has 0 saturated heterocycles. The number of carbonyl (C=O) groups excluding carboxylic acids is 1. The van der Waals surface area contributed by atoms with Crippen LogP contribution < -0.4 is 5.32 Å². The first-order valence-corrected chi connectivity index (χ1v) is 8.46. The molecule has 0 unspecified atom stereocenters. The van der Waals surface area contributed by atoms with Gasteiger partial charge in [-0.25, -0.2) is 4.98 Å². The van der Waals surface area contributed by atoms with Gasteiger partial charge in [0.05, 0.1) is 10.0 Å². The number of aromatic nitrogens is 4. The Morgan fingerprint density at radius 2 is 2.00 bits per heavy atom. The van der Waals surface area contributed by atoms with Gasteiger partial charge in [0.2, 0.25) is 0 Å². The van der Waals surface area contributed by atoms with Gasteiger partial charge in [0.1, 0.15) is 12.7 Å². The molecule has 7 nitrogen and oxygen atoms in total. The number of amides is 1. The third-order valence-electron chi connectivity index (χ3n) is 3.58. The molecular weight excluding hydrogens is 360 g/mol. The monoisotopic (exact) mass is 380 g/mol. The number of hydrogen-bond donors (Lipinski definition) is 1. The molecule has 124 valence electrons. The second kappa shape index (κ2) is 8.73. The first-order valence-electron chi connectivity index (χ1n) is 7.66. The summed E-state index contributed by atoms with van der Waals surface area (Å²) in [7, 11) is 0. The predicted molar refractivity (Wildman–Crippen MR) is 91.6 cm³/mol. The smallest absolute Gasteiger partial charge is 0.252 e. The van der Waals surface area contributed by atoms with Gasteiger partial charge in [-0.15, -0.1) is 10.2 Å². The van der Waals surface area contributed by atoms with Gasteiger partial charge in [0.25, 0.3) is 5.91 Å². The summed E-state index contributed by atoms with van der Waals surface area (Å²) in [6.07, 6.45) is 5.60. The van der Waals surface area contributed by atoms with Crippen LogP contribution in [-0.4, -0.2) is 56.7 Å². The molecule has 2 aromatic heterocycles. The Morgan fingerprint density at radius 1 is 1.30 bits per heavy atom. The first-order chi connectivity index (χ1) is 11.2. The van der Waals surface area contributed by atoms with E-state index in [4.69, 9.17) is 0 Å². The highest BCUT2D eigenvalue weighted by Gasteiger charge is 2.11. The molecule has 1 amide bonds. The highest BCUT2D eigenvalue weighted by molar-refractivity contribution is 9.10. The van der Waals surface area contributed by atoms with Crippen molar-refractivity contribution in [2.24, 2.45) is 0 Å².